The molecule has 2 N–H and O–H groups in total. The largest absolute Gasteiger partial charge is 0.337 e. The Balaban J connectivity index is 2.03. The number of amides is 1. The lowest BCUT2D eigenvalue weighted by Gasteiger charge is -2.29. The lowest BCUT2D eigenvalue weighted by molar-refractivity contribution is -0.133. The zero-order valence-corrected chi connectivity index (χ0v) is 10.0. The molecule has 0 aliphatic carbocycles. The maximum atomic E-state index is 12.0. The number of hydrogen-bond acceptors (Lipinski definition) is 3. The molecule has 0 spiro atoms. The third-order valence-corrected chi connectivity index (χ3v) is 3.88. The molecule has 1 aliphatic rings. The van der Waals surface area contributed by atoms with E-state index < -0.39 is 6.04 Å². The monoisotopic (exact) mass is 236 g/mol. The number of rotatable bonds is 3. The summed E-state index contributed by atoms with van der Waals surface area (Å²) in [5, 5.41) is 2.09. The van der Waals surface area contributed by atoms with Crippen LogP contribution in [0.5, 0.6) is 0 Å². The van der Waals surface area contributed by atoms with Crippen LogP contribution in [0.25, 0.3) is 0 Å². The minimum Gasteiger partial charge on any atom is -0.337 e. The summed E-state index contributed by atoms with van der Waals surface area (Å²) in [4.78, 5) is 15.2. The summed E-state index contributed by atoms with van der Waals surface area (Å²) in [5.41, 5.74) is 7.07. The molecule has 1 aromatic rings. The quantitative estimate of drug-likeness (QED) is 0.809. The topological polar surface area (TPSA) is 46.3 Å². The highest BCUT2D eigenvalue weighted by atomic mass is 32.1. The summed E-state index contributed by atoms with van der Waals surface area (Å²) < 4.78 is 0. The summed E-state index contributed by atoms with van der Waals surface area (Å²) in [6.45, 7) is 5.11. The first kappa shape index (κ1) is 11.4. The van der Waals surface area contributed by atoms with Crippen molar-refractivity contribution in [3.8, 4) is 0 Å². The highest BCUT2D eigenvalue weighted by Gasteiger charge is 2.24. The minimum absolute atomic E-state index is 0.0387. The highest BCUT2D eigenvalue weighted by Crippen LogP contribution is 2.24. The van der Waals surface area contributed by atoms with Crippen molar-refractivity contribution < 1.29 is 4.79 Å². The lowest BCUT2D eigenvalue weighted by Crippen LogP contribution is -2.45. The summed E-state index contributed by atoms with van der Waals surface area (Å²) in [7, 11) is 0. The molecule has 4 heteroatoms. The molecule has 1 atom stereocenters. The van der Waals surface area contributed by atoms with Gasteiger partial charge < -0.3 is 10.6 Å². The van der Waals surface area contributed by atoms with Crippen molar-refractivity contribution >= 4 is 17.2 Å². The van der Waals surface area contributed by atoms with Gasteiger partial charge in [-0.15, -0.1) is 17.9 Å². The molecule has 1 aliphatic heterocycles. The predicted molar refractivity (Wildman–Crippen MR) is 66.2 cm³/mol. The van der Waals surface area contributed by atoms with Crippen LogP contribution in [0.4, 0.5) is 0 Å². The van der Waals surface area contributed by atoms with Gasteiger partial charge in [0.05, 0.1) is 6.04 Å². The predicted octanol–water partition coefficient (Wildman–Crippen LogP) is 1.54. The van der Waals surface area contributed by atoms with Crippen molar-refractivity contribution in [1.82, 2.24) is 4.90 Å². The Morgan fingerprint density at radius 3 is 3.31 bits per heavy atom. The molecule has 0 aromatic carbocycles. The minimum atomic E-state index is -0.433. The van der Waals surface area contributed by atoms with Crippen LogP contribution in [0, 0.1) is 0 Å². The Hall–Kier alpha value is -1.13. The van der Waals surface area contributed by atoms with E-state index in [1.807, 2.05) is 4.90 Å². The van der Waals surface area contributed by atoms with Gasteiger partial charge in [-0.25, -0.2) is 0 Å². The van der Waals surface area contributed by atoms with Crippen LogP contribution in [0.15, 0.2) is 24.1 Å². The van der Waals surface area contributed by atoms with Gasteiger partial charge in [0.15, 0.2) is 0 Å². The van der Waals surface area contributed by atoms with Crippen molar-refractivity contribution in [2.45, 2.75) is 25.4 Å². The van der Waals surface area contributed by atoms with Crippen molar-refractivity contribution in [3.05, 3.63) is 34.5 Å². The Morgan fingerprint density at radius 2 is 2.56 bits per heavy atom. The first-order chi connectivity index (χ1) is 7.72. The van der Waals surface area contributed by atoms with E-state index in [1.54, 1.807) is 17.4 Å². The van der Waals surface area contributed by atoms with Crippen LogP contribution >= 0.6 is 11.3 Å². The van der Waals surface area contributed by atoms with Crippen LogP contribution in [-0.2, 0) is 17.8 Å². The standard InChI is InChI=1S/C12H16N2OS/c1-2-3-10(13)12(15)14-6-4-11-9(8-14)5-7-16-11/h2,5,7,10H,1,3-4,6,8,13H2. The molecule has 16 heavy (non-hydrogen) atoms. The lowest BCUT2D eigenvalue weighted by atomic mass is 10.1. The van der Waals surface area contributed by atoms with Crippen molar-refractivity contribution in [2.75, 3.05) is 6.54 Å². The Kier molecular flexibility index (Phi) is 3.41. The normalized spacial score (nSPS) is 16.7. The number of carbonyl (C=O) groups excluding carboxylic acids is 1. The van der Waals surface area contributed by atoms with Gasteiger partial charge in [-0.05, 0) is 29.9 Å². The molecular formula is C12H16N2OS. The first-order valence-corrected chi connectivity index (χ1v) is 6.31. The zero-order chi connectivity index (χ0) is 11.5. The molecule has 3 nitrogen and oxygen atoms in total. The van der Waals surface area contributed by atoms with Gasteiger partial charge in [0.2, 0.25) is 5.91 Å². The molecule has 86 valence electrons. The van der Waals surface area contributed by atoms with E-state index in [4.69, 9.17) is 5.73 Å². The van der Waals surface area contributed by atoms with E-state index in [0.717, 1.165) is 13.0 Å². The van der Waals surface area contributed by atoms with Gasteiger partial charge in [-0.3, -0.25) is 4.79 Å². The van der Waals surface area contributed by atoms with Gasteiger partial charge >= 0.3 is 0 Å². The summed E-state index contributed by atoms with van der Waals surface area (Å²) in [5.74, 6) is 0.0387. The van der Waals surface area contributed by atoms with E-state index in [1.165, 1.54) is 10.4 Å². The molecule has 1 unspecified atom stereocenters. The number of fused-ring (bicyclic) bond motifs is 1. The number of nitrogens with zero attached hydrogens (tertiary/aromatic N) is 1. The van der Waals surface area contributed by atoms with Crippen LogP contribution < -0.4 is 5.73 Å². The number of carbonyl (C=O) groups is 1. The molecule has 1 amide bonds. The molecular weight excluding hydrogens is 220 g/mol. The molecule has 0 fully saturated rings. The SMILES string of the molecule is C=CCC(N)C(=O)N1CCc2sccc2C1. The Labute approximate surface area is 99.6 Å². The highest BCUT2D eigenvalue weighted by molar-refractivity contribution is 7.10. The fraction of sp³-hybridized carbons (Fsp3) is 0.417. The van der Waals surface area contributed by atoms with Gasteiger partial charge in [-0.2, -0.15) is 0 Å². The van der Waals surface area contributed by atoms with Gasteiger partial charge in [-0.1, -0.05) is 6.08 Å². The maximum Gasteiger partial charge on any atom is 0.240 e. The number of nitrogens with two attached hydrogens (primary N) is 1. The van der Waals surface area contributed by atoms with E-state index in [2.05, 4.69) is 18.0 Å². The second kappa shape index (κ2) is 4.80. The molecule has 2 rings (SSSR count). The Bertz CT molecular complexity index is 399. The van der Waals surface area contributed by atoms with Crippen LogP contribution in [0.2, 0.25) is 0 Å². The fourth-order valence-corrected chi connectivity index (χ4v) is 2.84. The summed E-state index contributed by atoms with van der Waals surface area (Å²) in [6, 6.07) is 1.66. The molecule has 0 radical (unpaired) electrons. The van der Waals surface area contributed by atoms with E-state index in [9.17, 15) is 4.79 Å². The maximum absolute atomic E-state index is 12.0. The number of hydrogen-bond donors (Lipinski definition) is 1. The molecule has 1 aromatic heterocycles. The zero-order valence-electron chi connectivity index (χ0n) is 9.19. The second-order valence-electron chi connectivity index (χ2n) is 4.01. The molecule has 0 saturated carbocycles. The van der Waals surface area contributed by atoms with Gasteiger partial charge in [0, 0.05) is 18.0 Å². The van der Waals surface area contributed by atoms with Crippen LogP contribution in [0.3, 0.4) is 0 Å². The van der Waals surface area contributed by atoms with Gasteiger partial charge in [0.25, 0.3) is 0 Å². The van der Waals surface area contributed by atoms with E-state index in [-0.39, 0.29) is 5.91 Å². The average molecular weight is 236 g/mol. The summed E-state index contributed by atoms with van der Waals surface area (Å²) >= 11 is 1.77. The van der Waals surface area contributed by atoms with Crippen molar-refractivity contribution in [2.24, 2.45) is 5.73 Å². The van der Waals surface area contributed by atoms with Crippen LogP contribution in [0.1, 0.15) is 16.9 Å². The van der Waals surface area contributed by atoms with E-state index >= 15 is 0 Å². The van der Waals surface area contributed by atoms with Crippen molar-refractivity contribution in [3.63, 3.8) is 0 Å². The Morgan fingerprint density at radius 1 is 1.75 bits per heavy atom. The average Bonchev–Trinajstić information content (AvgIpc) is 2.75. The third kappa shape index (κ3) is 2.18. The molecule has 0 bridgehead atoms. The smallest absolute Gasteiger partial charge is 0.240 e. The number of thiophene rings is 1. The summed E-state index contributed by atoms with van der Waals surface area (Å²) in [6.07, 6.45) is 3.20. The first-order valence-electron chi connectivity index (χ1n) is 5.43. The molecule has 0 saturated heterocycles. The fourth-order valence-electron chi connectivity index (χ4n) is 1.95. The van der Waals surface area contributed by atoms with E-state index in [0.29, 0.717) is 13.0 Å². The second-order valence-corrected chi connectivity index (χ2v) is 5.01. The molecule has 2 heterocycles. The van der Waals surface area contributed by atoms with Crippen LogP contribution in [-0.4, -0.2) is 23.4 Å². The third-order valence-electron chi connectivity index (χ3n) is 2.86. The van der Waals surface area contributed by atoms with Crippen molar-refractivity contribution in [1.29, 1.82) is 0 Å². The van der Waals surface area contributed by atoms with Gasteiger partial charge in [0.1, 0.15) is 0 Å².